The molecule has 0 spiro atoms. The van der Waals surface area contributed by atoms with Gasteiger partial charge in [0.2, 0.25) is 0 Å². The van der Waals surface area contributed by atoms with Crippen LogP contribution in [-0.4, -0.2) is 61.9 Å². The van der Waals surface area contributed by atoms with Gasteiger partial charge in [-0.15, -0.1) is 0 Å². The molecule has 0 saturated carbocycles. The first kappa shape index (κ1) is 24.1. The Bertz CT molecular complexity index is 984. The van der Waals surface area contributed by atoms with E-state index in [2.05, 4.69) is 4.74 Å². The topological polar surface area (TPSA) is 114 Å². The minimum absolute atomic E-state index is 0.0504. The second kappa shape index (κ2) is 10.4. The van der Waals surface area contributed by atoms with Crippen molar-refractivity contribution in [1.29, 1.82) is 0 Å². The van der Waals surface area contributed by atoms with Crippen LogP contribution < -0.4 is 10.6 Å². The molecule has 1 aliphatic rings. The van der Waals surface area contributed by atoms with E-state index < -0.39 is 36.5 Å². The summed E-state index contributed by atoms with van der Waals surface area (Å²) in [5.41, 5.74) is 4.02. The van der Waals surface area contributed by atoms with E-state index in [1.807, 2.05) is 59.2 Å². The zero-order chi connectivity index (χ0) is 24.0. The number of hydrogen-bond donors (Lipinski definition) is 3. The number of fused-ring (bicyclic) bond motifs is 3. The van der Waals surface area contributed by atoms with Gasteiger partial charge in [0.05, 0.1) is 6.54 Å². The Morgan fingerprint density at radius 3 is 2.15 bits per heavy atom. The van der Waals surface area contributed by atoms with E-state index in [9.17, 15) is 23.2 Å². The van der Waals surface area contributed by atoms with Crippen molar-refractivity contribution in [3.63, 3.8) is 0 Å². The minimum Gasteiger partial charge on any atom is -0.479 e. The maximum absolute atomic E-state index is 14.0. The van der Waals surface area contributed by atoms with Crippen LogP contribution in [0.2, 0.25) is 0 Å². The largest absolute Gasteiger partial charge is 0.479 e. The van der Waals surface area contributed by atoms with E-state index in [1.165, 1.54) is 0 Å². The fourth-order valence-corrected chi connectivity index (χ4v) is 3.70. The lowest BCUT2D eigenvalue weighted by molar-refractivity contribution is -0.150. The normalized spacial score (nSPS) is 13.5. The molecule has 1 unspecified atom stereocenters. The first-order valence-corrected chi connectivity index (χ1v) is 10.2. The van der Waals surface area contributed by atoms with Gasteiger partial charge < -0.3 is 25.2 Å². The van der Waals surface area contributed by atoms with Gasteiger partial charge in [0, 0.05) is 26.0 Å². The zero-order valence-electron chi connectivity index (χ0n) is 17.8. The Morgan fingerprint density at radius 2 is 1.61 bits per heavy atom. The number of halogens is 2. The highest BCUT2D eigenvalue weighted by Gasteiger charge is 2.39. The Hall–Kier alpha value is -3.53. The van der Waals surface area contributed by atoms with Crippen molar-refractivity contribution in [2.24, 2.45) is 0 Å². The molecule has 0 saturated heterocycles. The number of rotatable bonds is 10. The van der Waals surface area contributed by atoms with E-state index in [1.54, 1.807) is 0 Å². The van der Waals surface area contributed by atoms with Crippen molar-refractivity contribution in [1.82, 2.24) is 10.6 Å². The molecule has 1 atom stereocenters. The molecule has 1 aliphatic carbocycles. The minimum atomic E-state index is -3.91. The first-order chi connectivity index (χ1) is 15.7. The summed E-state index contributed by atoms with van der Waals surface area (Å²) in [5.74, 6) is -7.04. The second-order valence-electron chi connectivity index (χ2n) is 7.49. The molecule has 2 aromatic rings. The van der Waals surface area contributed by atoms with Crippen LogP contribution in [0.25, 0.3) is 11.1 Å². The number of alkyl halides is 2. The predicted molar refractivity (Wildman–Crippen MR) is 114 cm³/mol. The zero-order valence-corrected chi connectivity index (χ0v) is 17.8. The molecule has 2 aromatic carbocycles. The smallest absolute Gasteiger partial charge is 0.407 e. The van der Waals surface area contributed by atoms with Crippen molar-refractivity contribution in [3.05, 3.63) is 59.7 Å². The molecule has 33 heavy (non-hydrogen) atoms. The maximum Gasteiger partial charge on any atom is 0.407 e. The van der Waals surface area contributed by atoms with Crippen LogP contribution in [0, 0.1) is 0 Å². The third-order valence-corrected chi connectivity index (χ3v) is 5.38. The number of carbonyl (C=O) groups excluding carboxylic acids is 2. The molecule has 0 aliphatic heterocycles. The summed E-state index contributed by atoms with van der Waals surface area (Å²) in [6.45, 7) is -1.64. The Kier molecular flexibility index (Phi) is 7.59. The molecular weight excluding hydrogens is 438 g/mol. The standard InChI is InChI=1S/C23H24F2N2O6/c1-32-19(20(28)29)10-11-26-21(30)23(24,25)13-27-22(31)33-12-18-16-8-4-2-6-14(16)15-7-3-5-9-17(15)18/h2-9,18-19H,10-13H2,1H3,(H,26,30)(H,27,31)(H,28,29). The number of carboxylic acids is 1. The van der Waals surface area contributed by atoms with Crippen molar-refractivity contribution >= 4 is 18.0 Å². The monoisotopic (exact) mass is 462 g/mol. The van der Waals surface area contributed by atoms with Crippen molar-refractivity contribution in [3.8, 4) is 11.1 Å². The average molecular weight is 462 g/mol. The van der Waals surface area contributed by atoms with Crippen LogP contribution in [0.15, 0.2) is 48.5 Å². The lowest BCUT2D eigenvalue weighted by Gasteiger charge is -2.18. The third kappa shape index (κ3) is 5.64. The summed E-state index contributed by atoms with van der Waals surface area (Å²) in [7, 11) is 1.16. The highest BCUT2D eigenvalue weighted by atomic mass is 19.3. The van der Waals surface area contributed by atoms with Gasteiger partial charge in [-0.3, -0.25) is 4.79 Å². The number of alkyl carbamates (subject to hydrolysis) is 1. The van der Waals surface area contributed by atoms with Crippen LogP contribution in [0.1, 0.15) is 23.5 Å². The number of carboxylic acid groups (broad SMARTS) is 1. The number of aliphatic carboxylic acids is 1. The van der Waals surface area contributed by atoms with E-state index in [0.29, 0.717) is 0 Å². The predicted octanol–water partition coefficient (Wildman–Crippen LogP) is 2.77. The molecule has 0 radical (unpaired) electrons. The third-order valence-electron chi connectivity index (χ3n) is 5.38. The molecule has 8 nitrogen and oxygen atoms in total. The lowest BCUT2D eigenvalue weighted by Crippen LogP contribution is -2.48. The maximum atomic E-state index is 14.0. The first-order valence-electron chi connectivity index (χ1n) is 10.2. The van der Waals surface area contributed by atoms with Gasteiger partial charge in [0.25, 0.3) is 5.91 Å². The van der Waals surface area contributed by atoms with Gasteiger partial charge in [0.1, 0.15) is 6.61 Å². The molecule has 10 heteroatoms. The van der Waals surface area contributed by atoms with Crippen LogP contribution in [0.4, 0.5) is 13.6 Å². The van der Waals surface area contributed by atoms with E-state index in [4.69, 9.17) is 9.84 Å². The fraction of sp³-hybridized carbons (Fsp3) is 0.348. The lowest BCUT2D eigenvalue weighted by atomic mass is 9.98. The summed E-state index contributed by atoms with van der Waals surface area (Å²) < 4.78 is 37.9. The highest BCUT2D eigenvalue weighted by molar-refractivity contribution is 5.84. The van der Waals surface area contributed by atoms with Crippen molar-refractivity contribution in [2.75, 3.05) is 26.8 Å². The Morgan fingerprint density at radius 1 is 1.03 bits per heavy atom. The Labute approximate surface area is 188 Å². The van der Waals surface area contributed by atoms with Crippen LogP contribution in [0.5, 0.6) is 0 Å². The average Bonchev–Trinajstić information content (AvgIpc) is 3.12. The van der Waals surface area contributed by atoms with Gasteiger partial charge in [-0.25, -0.2) is 9.59 Å². The van der Waals surface area contributed by atoms with Crippen LogP contribution in [-0.2, 0) is 19.1 Å². The van der Waals surface area contributed by atoms with Gasteiger partial charge >= 0.3 is 18.0 Å². The summed E-state index contributed by atoms with van der Waals surface area (Å²) >= 11 is 0. The van der Waals surface area contributed by atoms with E-state index in [0.717, 1.165) is 29.4 Å². The molecule has 176 valence electrons. The van der Waals surface area contributed by atoms with E-state index in [-0.39, 0.29) is 25.5 Å². The summed E-state index contributed by atoms with van der Waals surface area (Å²) in [6.07, 6.45) is -2.49. The van der Waals surface area contributed by atoms with E-state index >= 15 is 0 Å². The molecule has 0 heterocycles. The number of hydrogen-bond acceptors (Lipinski definition) is 5. The van der Waals surface area contributed by atoms with Gasteiger partial charge in [-0.1, -0.05) is 48.5 Å². The number of nitrogens with one attached hydrogen (secondary N) is 2. The van der Waals surface area contributed by atoms with Crippen molar-refractivity contribution in [2.45, 2.75) is 24.4 Å². The quantitative estimate of drug-likeness (QED) is 0.500. The number of ether oxygens (including phenoxy) is 2. The second-order valence-corrected chi connectivity index (χ2v) is 7.49. The number of benzene rings is 2. The van der Waals surface area contributed by atoms with Crippen LogP contribution >= 0.6 is 0 Å². The number of methoxy groups -OCH3 is 1. The highest BCUT2D eigenvalue weighted by Crippen LogP contribution is 2.44. The van der Waals surface area contributed by atoms with Gasteiger partial charge in [0.15, 0.2) is 6.10 Å². The van der Waals surface area contributed by atoms with Gasteiger partial charge in [-0.2, -0.15) is 8.78 Å². The fourth-order valence-electron chi connectivity index (χ4n) is 3.70. The molecule has 3 rings (SSSR count). The molecule has 0 aromatic heterocycles. The van der Waals surface area contributed by atoms with Crippen LogP contribution in [0.3, 0.4) is 0 Å². The molecule has 3 N–H and O–H groups in total. The summed E-state index contributed by atoms with van der Waals surface area (Å²) in [4.78, 5) is 34.6. The number of carbonyl (C=O) groups is 3. The Balaban J connectivity index is 1.49. The molecule has 0 bridgehead atoms. The molecular formula is C23H24F2N2O6. The molecule has 0 fully saturated rings. The summed E-state index contributed by atoms with van der Waals surface area (Å²) in [5, 5.41) is 12.7. The van der Waals surface area contributed by atoms with Gasteiger partial charge in [-0.05, 0) is 22.3 Å². The number of amides is 2. The molecule has 2 amide bonds. The SMILES string of the molecule is COC(CCNC(=O)C(F)(F)CNC(=O)OCC1c2ccccc2-c2ccccc21)C(=O)O. The summed E-state index contributed by atoms with van der Waals surface area (Å²) in [6, 6.07) is 15.4. The van der Waals surface area contributed by atoms with Crippen molar-refractivity contribution < 1.29 is 37.7 Å².